The Morgan fingerprint density at radius 2 is 2.00 bits per heavy atom. The molecule has 21 heavy (non-hydrogen) atoms. The van der Waals surface area contributed by atoms with E-state index in [1.165, 1.54) is 5.56 Å². The molecule has 2 N–H and O–H groups in total. The molecule has 1 heterocycles. The minimum absolute atomic E-state index is 0.0652. The fraction of sp³-hybridized carbons (Fsp3) is 0.353. The summed E-state index contributed by atoms with van der Waals surface area (Å²) in [4.78, 5) is 6.79. The summed E-state index contributed by atoms with van der Waals surface area (Å²) >= 11 is 3.49. The van der Waals surface area contributed by atoms with Crippen molar-refractivity contribution in [1.82, 2.24) is 9.88 Å². The van der Waals surface area contributed by atoms with Crippen LogP contribution >= 0.6 is 15.9 Å². The molecule has 0 bridgehead atoms. The van der Waals surface area contributed by atoms with E-state index in [1.54, 1.807) is 0 Å². The lowest BCUT2D eigenvalue weighted by molar-refractivity contribution is 0.308. The molecule has 2 aromatic rings. The molecule has 1 unspecified atom stereocenters. The van der Waals surface area contributed by atoms with Crippen LogP contribution in [-0.4, -0.2) is 23.5 Å². The number of halogens is 1. The summed E-state index contributed by atoms with van der Waals surface area (Å²) in [6, 6.07) is 14.4. The maximum atomic E-state index is 6.27. The molecule has 2 rings (SSSR count). The van der Waals surface area contributed by atoms with Crippen LogP contribution in [0.3, 0.4) is 0 Å². The maximum Gasteiger partial charge on any atom is 0.0547 e. The van der Waals surface area contributed by atoms with E-state index in [2.05, 4.69) is 57.1 Å². The lowest BCUT2D eigenvalue weighted by atomic mass is 10.0. The van der Waals surface area contributed by atoms with Gasteiger partial charge in [0.2, 0.25) is 0 Å². The summed E-state index contributed by atoms with van der Waals surface area (Å²) in [5.74, 6) is 0. The van der Waals surface area contributed by atoms with Gasteiger partial charge in [0.1, 0.15) is 0 Å². The molecule has 0 amide bonds. The van der Waals surface area contributed by atoms with Gasteiger partial charge in [-0.25, -0.2) is 0 Å². The fourth-order valence-electron chi connectivity index (χ4n) is 2.31. The Kier molecular flexibility index (Phi) is 5.91. The zero-order chi connectivity index (χ0) is 15.2. The lowest BCUT2D eigenvalue weighted by Gasteiger charge is -2.19. The van der Waals surface area contributed by atoms with E-state index in [9.17, 15) is 0 Å². The van der Waals surface area contributed by atoms with Gasteiger partial charge in [-0.1, -0.05) is 34.1 Å². The second-order valence-electron chi connectivity index (χ2n) is 5.46. The van der Waals surface area contributed by atoms with Crippen LogP contribution in [0.4, 0.5) is 0 Å². The molecule has 0 aliphatic carbocycles. The topological polar surface area (TPSA) is 42.1 Å². The van der Waals surface area contributed by atoms with Crippen LogP contribution in [0.5, 0.6) is 0 Å². The molecule has 1 aromatic carbocycles. The quantitative estimate of drug-likeness (QED) is 0.866. The van der Waals surface area contributed by atoms with Gasteiger partial charge in [-0.15, -0.1) is 0 Å². The van der Waals surface area contributed by atoms with Crippen LogP contribution in [0.1, 0.15) is 29.4 Å². The Morgan fingerprint density at radius 3 is 2.71 bits per heavy atom. The van der Waals surface area contributed by atoms with Crippen molar-refractivity contribution in [3.63, 3.8) is 0 Å². The predicted molar refractivity (Wildman–Crippen MR) is 91.0 cm³/mol. The number of benzene rings is 1. The number of pyridine rings is 1. The first kappa shape index (κ1) is 16.1. The second-order valence-corrected chi connectivity index (χ2v) is 6.37. The normalized spacial score (nSPS) is 12.6. The third kappa shape index (κ3) is 5.23. The smallest absolute Gasteiger partial charge is 0.0547 e. The van der Waals surface area contributed by atoms with Crippen molar-refractivity contribution in [3.05, 3.63) is 63.9 Å². The summed E-state index contributed by atoms with van der Waals surface area (Å²) in [6.07, 6.45) is 0.929. The molecule has 0 aliphatic rings. The van der Waals surface area contributed by atoms with E-state index in [4.69, 9.17) is 5.73 Å². The first-order valence-electron chi connectivity index (χ1n) is 7.17. The van der Waals surface area contributed by atoms with Crippen molar-refractivity contribution in [2.45, 2.75) is 25.9 Å². The van der Waals surface area contributed by atoms with Gasteiger partial charge < -0.3 is 10.6 Å². The van der Waals surface area contributed by atoms with Crippen molar-refractivity contribution < 1.29 is 0 Å². The zero-order valence-corrected chi connectivity index (χ0v) is 14.2. The first-order chi connectivity index (χ1) is 10.0. The molecule has 112 valence electrons. The van der Waals surface area contributed by atoms with E-state index < -0.39 is 0 Å². The van der Waals surface area contributed by atoms with Crippen LogP contribution in [-0.2, 0) is 6.54 Å². The second kappa shape index (κ2) is 7.69. The Labute approximate surface area is 135 Å². The van der Waals surface area contributed by atoms with Gasteiger partial charge in [0.25, 0.3) is 0 Å². The Hall–Kier alpha value is -1.23. The number of rotatable bonds is 6. The highest BCUT2D eigenvalue weighted by atomic mass is 79.9. The molecule has 1 atom stereocenters. The third-order valence-corrected chi connectivity index (χ3v) is 3.97. The van der Waals surface area contributed by atoms with Crippen molar-refractivity contribution in [3.8, 4) is 0 Å². The Morgan fingerprint density at radius 1 is 1.24 bits per heavy atom. The summed E-state index contributed by atoms with van der Waals surface area (Å²) in [6.45, 7) is 3.82. The van der Waals surface area contributed by atoms with Crippen molar-refractivity contribution in [1.29, 1.82) is 0 Å². The molecule has 0 saturated heterocycles. The zero-order valence-electron chi connectivity index (χ0n) is 12.6. The molecular formula is C17H22BrN3. The van der Waals surface area contributed by atoms with E-state index in [0.29, 0.717) is 0 Å². The SMILES string of the molecule is Cc1cccc(CN(C)CCC(N)c2cccc(Br)c2)n1. The summed E-state index contributed by atoms with van der Waals surface area (Å²) in [5, 5.41) is 0. The average Bonchev–Trinajstić information content (AvgIpc) is 2.45. The number of aromatic nitrogens is 1. The van der Waals surface area contributed by atoms with E-state index in [-0.39, 0.29) is 6.04 Å². The van der Waals surface area contributed by atoms with Gasteiger partial charge in [0.05, 0.1) is 5.69 Å². The maximum absolute atomic E-state index is 6.27. The van der Waals surface area contributed by atoms with Gasteiger partial charge >= 0.3 is 0 Å². The van der Waals surface area contributed by atoms with E-state index in [1.807, 2.05) is 25.1 Å². The van der Waals surface area contributed by atoms with Crippen molar-refractivity contribution in [2.75, 3.05) is 13.6 Å². The van der Waals surface area contributed by atoms with E-state index in [0.717, 1.165) is 35.4 Å². The molecule has 0 saturated carbocycles. The predicted octanol–water partition coefficient (Wildman–Crippen LogP) is 3.67. The Balaban J connectivity index is 1.85. The van der Waals surface area contributed by atoms with E-state index >= 15 is 0 Å². The minimum Gasteiger partial charge on any atom is -0.324 e. The fourth-order valence-corrected chi connectivity index (χ4v) is 2.72. The molecule has 3 nitrogen and oxygen atoms in total. The molecule has 0 aliphatic heterocycles. The van der Waals surface area contributed by atoms with Crippen molar-refractivity contribution in [2.24, 2.45) is 5.73 Å². The van der Waals surface area contributed by atoms with Gasteiger partial charge in [-0.05, 0) is 50.2 Å². The van der Waals surface area contributed by atoms with Crippen molar-refractivity contribution >= 4 is 15.9 Å². The van der Waals surface area contributed by atoms with Gasteiger partial charge in [-0.2, -0.15) is 0 Å². The number of hydrogen-bond acceptors (Lipinski definition) is 3. The highest BCUT2D eigenvalue weighted by Gasteiger charge is 2.09. The number of aryl methyl sites for hydroxylation is 1. The van der Waals surface area contributed by atoms with Crippen LogP contribution in [0.2, 0.25) is 0 Å². The van der Waals surface area contributed by atoms with Gasteiger partial charge in [0.15, 0.2) is 0 Å². The van der Waals surface area contributed by atoms with Crippen LogP contribution in [0.15, 0.2) is 46.9 Å². The van der Waals surface area contributed by atoms with Gasteiger partial charge in [-0.3, -0.25) is 4.98 Å². The van der Waals surface area contributed by atoms with Crippen LogP contribution in [0.25, 0.3) is 0 Å². The molecule has 0 spiro atoms. The summed E-state index contributed by atoms with van der Waals surface area (Å²) in [7, 11) is 2.11. The minimum atomic E-state index is 0.0652. The highest BCUT2D eigenvalue weighted by Crippen LogP contribution is 2.19. The summed E-state index contributed by atoms with van der Waals surface area (Å²) < 4.78 is 1.08. The van der Waals surface area contributed by atoms with Crippen LogP contribution < -0.4 is 5.73 Å². The number of nitrogens with two attached hydrogens (primary N) is 1. The Bertz CT molecular complexity index is 586. The number of nitrogens with zero attached hydrogens (tertiary/aromatic N) is 2. The average molecular weight is 348 g/mol. The standard InChI is InChI=1S/C17H22BrN3/c1-13-5-3-8-16(20-13)12-21(2)10-9-17(19)14-6-4-7-15(18)11-14/h3-8,11,17H,9-10,12,19H2,1-2H3. The molecular weight excluding hydrogens is 326 g/mol. The highest BCUT2D eigenvalue weighted by molar-refractivity contribution is 9.10. The monoisotopic (exact) mass is 347 g/mol. The molecule has 0 fully saturated rings. The summed E-state index contributed by atoms with van der Waals surface area (Å²) in [5.41, 5.74) is 9.61. The number of hydrogen-bond donors (Lipinski definition) is 1. The third-order valence-electron chi connectivity index (χ3n) is 3.48. The lowest BCUT2D eigenvalue weighted by Crippen LogP contribution is -2.24. The first-order valence-corrected chi connectivity index (χ1v) is 7.96. The van der Waals surface area contributed by atoms with Crippen LogP contribution in [0, 0.1) is 6.92 Å². The largest absolute Gasteiger partial charge is 0.324 e. The van der Waals surface area contributed by atoms with Gasteiger partial charge in [0, 0.05) is 29.3 Å². The molecule has 1 aromatic heterocycles. The molecule has 0 radical (unpaired) electrons. The molecule has 4 heteroatoms.